The van der Waals surface area contributed by atoms with Crippen LogP contribution in [-0.2, 0) is 9.53 Å². The molecule has 6 nitrogen and oxygen atoms in total. The predicted octanol–water partition coefficient (Wildman–Crippen LogP) is 1.54. The van der Waals surface area contributed by atoms with Crippen LogP contribution in [0.4, 0.5) is 13.6 Å². The number of carbonyl (C=O) groups is 2. The molecule has 1 aromatic carbocycles. The monoisotopic (exact) mass is 289 g/mol. The van der Waals surface area contributed by atoms with E-state index in [1.54, 1.807) is 6.92 Å². The number of rotatable bonds is 6. The van der Waals surface area contributed by atoms with Crippen molar-refractivity contribution in [2.75, 3.05) is 13.2 Å². The van der Waals surface area contributed by atoms with Gasteiger partial charge >= 0.3 is 12.1 Å². The summed E-state index contributed by atoms with van der Waals surface area (Å²) in [6.07, 6.45) is -0.928. The SMILES string of the molecule is CCOC(=O)NC(COc1ccc(F)cc1F)C(=O)O. The topological polar surface area (TPSA) is 84.9 Å². The molecule has 110 valence electrons. The van der Waals surface area contributed by atoms with Crippen LogP contribution in [0.2, 0.25) is 0 Å². The average Bonchev–Trinajstić information content (AvgIpc) is 2.36. The van der Waals surface area contributed by atoms with E-state index in [0.29, 0.717) is 6.07 Å². The number of aliphatic carboxylic acids is 1. The lowest BCUT2D eigenvalue weighted by atomic mass is 10.3. The molecule has 8 heteroatoms. The minimum Gasteiger partial charge on any atom is -0.488 e. The van der Waals surface area contributed by atoms with Crippen molar-refractivity contribution < 1.29 is 33.0 Å². The third kappa shape index (κ3) is 4.71. The summed E-state index contributed by atoms with van der Waals surface area (Å²) in [5.41, 5.74) is 0. The van der Waals surface area contributed by atoms with Crippen LogP contribution >= 0.6 is 0 Å². The van der Waals surface area contributed by atoms with Gasteiger partial charge in [0, 0.05) is 6.07 Å². The third-order valence-electron chi connectivity index (χ3n) is 2.17. The first-order chi connectivity index (χ1) is 9.43. The molecule has 1 rings (SSSR count). The fourth-order valence-electron chi connectivity index (χ4n) is 1.26. The number of carboxylic acids is 1. The second-order valence-electron chi connectivity index (χ2n) is 3.64. The van der Waals surface area contributed by atoms with E-state index in [1.807, 2.05) is 5.32 Å². The standard InChI is InChI=1S/C12H13F2NO5/c1-2-19-12(18)15-9(11(16)17)6-20-10-4-3-7(13)5-8(10)14/h3-5,9H,2,6H2,1H3,(H,15,18)(H,16,17). The van der Waals surface area contributed by atoms with E-state index in [9.17, 15) is 18.4 Å². The predicted molar refractivity (Wildman–Crippen MR) is 63.4 cm³/mol. The van der Waals surface area contributed by atoms with E-state index < -0.39 is 36.3 Å². The van der Waals surface area contributed by atoms with Crippen molar-refractivity contribution in [2.45, 2.75) is 13.0 Å². The Morgan fingerprint density at radius 1 is 1.40 bits per heavy atom. The van der Waals surface area contributed by atoms with Crippen LogP contribution < -0.4 is 10.1 Å². The largest absolute Gasteiger partial charge is 0.488 e. The van der Waals surface area contributed by atoms with E-state index >= 15 is 0 Å². The third-order valence-corrected chi connectivity index (χ3v) is 2.17. The highest BCUT2D eigenvalue weighted by atomic mass is 19.1. The zero-order valence-electron chi connectivity index (χ0n) is 10.6. The van der Waals surface area contributed by atoms with Crippen molar-refractivity contribution in [1.29, 1.82) is 0 Å². The molecular formula is C12H13F2NO5. The highest BCUT2D eigenvalue weighted by Crippen LogP contribution is 2.17. The molecule has 1 atom stereocenters. The lowest BCUT2D eigenvalue weighted by Gasteiger charge is -2.15. The molecule has 0 heterocycles. The number of carbonyl (C=O) groups excluding carboxylic acids is 1. The second kappa shape index (κ2) is 7.27. The van der Waals surface area contributed by atoms with Crippen molar-refractivity contribution in [3.63, 3.8) is 0 Å². The summed E-state index contributed by atoms with van der Waals surface area (Å²) in [5.74, 6) is -3.44. The van der Waals surface area contributed by atoms with Crippen molar-refractivity contribution in [3.8, 4) is 5.75 Å². The Kier molecular flexibility index (Phi) is 5.70. The van der Waals surface area contributed by atoms with E-state index in [4.69, 9.17) is 9.84 Å². The molecule has 0 saturated heterocycles. The van der Waals surface area contributed by atoms with Crippen molar-refractivity contribution in [1.82, 2.24) is 5.32 Å². The van der Waals surface area contributed by atoms with Crippen LogP contribution in [0.1, 0.15) is 6.92 Å². The molecule has 1 amide bonds. The molecule has 1 unspecified atom stereocenters. The smallest absolute Gasteiger partial charge is 0.407 e. The Morgan fingerprint density at radius 3 is 2.65 bits per heavy atom. The average molecular weight is 289 g/mol. The van der Waals surface area contributed by atoms with Crippen LogP contribution in [0, 0.1) is 11.6 Å². The van der Waals surface area contributed by atoms with Crippen LogP contribution in [0.15, 0.2) is 18.2 Å². The van der Waals surface area contributed by atoms with Crippen molar-refractivity contribution in [2.24, 2.45) is 0 Å². The lowest BCUT2D eigenvalue weighted by Crippen LogP contribution is -2.45. The Hall–Kier alpha value is -2.38. The number of amides is 1. The number of hydrogen-bond acceptors (Lipinski definition) is 4. The van der Waals surface area contributed by atoms with Gasteiger partial charge in [0.05, 0.1) is 6.61 Å². The minimum absolute atomic E-state index is 0.0750. The highest BCUT2D eigenvalue weighted by molar-refractivity contribution is 5.80. The summed E-state index contributed by atoms with van der Waals surface area (Å²) < 4.78 is 35.4. The lowest BCUT2D eigenvalue weighted by molar-refractivity contribution is -0.140. The fourth-order valence-corrected chi connectivity index (χ4v) is 1.26. The van der Waals surface area contributed by atoms with Gasteiger partial charge in [-0.15, -0.1) is 0 Å². The molecule has 0 fully saturated rings. The van der Waals surface area contributed by atoms with Gasteiger partial charge in [-0.1, -0.05) is 0 Å². The normalized spacial score (nSPS) is 11.6. The number of carboxylic acid groups (broad SMARTS) is 1. The summed E-state index contributed by atoms with van der Waals surface area (Å²) in [4.78, 5) is 22.0. The summed E-state index contributed by atoms with van der Waals surface area (Å²) >= 11 is 0. The van der Waals surface area contributed by atoms with Crippen LogP contribution in [0.3, 0.4) is 0 Å². The van der Waals surface area contributed by atoms with E-state index in [0.717, 1.165) is 12.1 Å². The van der Waals surface area contributed by atoms with E-state index in [2.05, 4.69) is 4.74 Å². The molecule has 0 aliphatic rings. The molecule has 0 aromatic heterocycles. The first-order valence-corrected chi connectivity index (χ1v) is 5.68. The maximum atomic E-state index is 13.3. The number of benzene rings is 1. The van der Waals surface area contributed by atoms with Gasteiger partial charge in [-0.05, 0) is 19.1 Å². The van der Waals surface area contributed by atoms with Crippen LogP contribution in [0.5, 0.6) is 5.75 Å². The number of ether oxygens (including phenoxy) is 2. The number of alkyl carbamates (subject to hydrolysis) is 1. The minimum atomic E-state index is -1.42. The van der Waals surface area contributed by atoms with Gasteiger partial charge in [0.2, 0.25) is 0 Å². The second-order valence-corrected chi connectivity index (χ2v) is 3.64. The zero-order valence-corrected chi connectivity index (χ0v) is 10.6. The Morgan fingerprint density at radius 2 is 2.10 bits per heavy atom. The number of hydrogen-bond donors (Lipinski definition) is 2. The van der Waals surface area contributed by atoms with E-state index in [-0.39, 0.29) is 12.4 Å². The Balaban J connectivity index is 2.62. The summed E-state index contributed by atoms with van der Waals surface area (Å²) in [7, 11) is 0. The molecule has 1 aromatic rings. The van der Waals surface area contributed by atoms with Gasteiger partial charge in [0.15, 0.2) is 17.6 Å². The number of halogens is 2. The maximum absolute atomic E-state index is 13.3. The van der Waals surface area contributed by atoms with Gasteiger partial charge in [-0.3, -0.25) is 0 Å². The molecule has 0 aliphatic heterocycles. The van der Waals surface area contributed by atoms with Gasteiger partial charge < -0.3 is 19.9 Å². The van der Waals surface area contributed by atoms with Gasteiger partial charge in [0.25, 0.3) is 0 Å². The molecule has 0 radical (unpaired) electrons. The Bertz CT molecular complexity index is 495. The van der Waals surface area contributed by atoms with Gasteiger partial charge in [-0.25, -0.2) is 18.4 Å². The fraction of sp³-hybridized carbons (Fsp3) is 0.333. The molecule has 0 spiro atoms. The molecule has 0 aliphatic carbocycles. The van der Waals surface area contributed by atoms with Gasteiger partial charge in [0.1, 0.15) is 12.4 Å². The maximum Gasteiger partial charge on any atom is 0.407 e. The van der Waals surface area contributed by atoms with Crippen LogP contribution in [-0.4, -0.2) is 36.4 Å². The zero-order chi connectivity index (χ0) is 15.1. The molecule has 0 saturated carbocycles. The highest BCUT2D eigenvalue weighted by Gasteiger charge is 2.22. The Labute approximate surface area is 113 Å². The quantitative estimate of drug-likeness (QED) is 0.829. The van der Waals surface area contributed by atoms with Crippen LogP contribution in [0.25, 0.3) is 0 Å². The number of nitrogens with one attached hydrogen (secondary N) is 1. The molecule has 20 heavy (non-hydrogen) atoms. The van der Waals surface area contributed by atoms with Crippen molar-refractivity contribution >= 4 is 12.1 Å². The van der Waals surface area contributed by atoms with Crippen molar-refractivity contribution in [3.05, 3.63) is 29.8 Å². The summed E-state index contributed by atoms with van der Waals surface area (Å²) in [6.45, 7) is 1.10. The molecular weight excluding hydrogens is 276 g/mol. The van der Waals surface area contributed by atoms with Gasteiger partial charge in [-0.2, -0.15) is 0 Å². The molecule has 2 N–H and O–H groups in total. The first-order valence-electron chi connectivity index (χ1n) is 5.68. The first kappa shape index (κ1) is 15.7. The summed E-state index contributed by atoms with van der Waals surface area (Å²) in [6, 6.07) is 1.17. The summed E-state index contributed by atoms with van der Waals surface area (Å²) in [5, 5.41) is 10.9. The molecule has 0 bridgehead atoms. The van der Waals surface area contributed by atoms with E-state index in [1.165, 1.54) is 0 Å².